The molecule has 147 valence electrons. The first-order valence-electron chi connectivity index (χ1n) is 7.39. The minimum absolute atomic E-state index is 0. The van der Waals surface area contributed by atoms with Crippen molar-refractivity contribution in [1.29, 1.82) is 0 Å². The fraction of sp³-hybridized carbons (Fsp3) is 0.222. The minimum Gasteiger partial charge on any atom is -1.00 e. The van der Waals surface area contributed by atoms with Crippen LogP contribution >= 0.6 is 0 Å². The zero-order chi connectivity index (χ0) is 17.4. The first kappa shape index (κ1) is 27.3. The van der Waals surface area contributed by atoms with E-state index in [9.17, 15) is 10.2 Å². The van der Waals surface area contributed by atoms with Crippen molar-refractivity contribution in [3.63, 3.8) is 0 Å². The summed E-state index contributed by atoms with van der Waals surface area (Å²) in [4.78, 5) is 8.45. The van der Waals surface area contributed by atoms with Gasteiger partial charge in [0.15, 0.2) is 23.0 Å². The number of methoxy groups -OCH3 is 2. The van der Waals surface area contributed by atoms with E-state index in [4.69, 9.17) is 9.47 Å². The van der Waals surface area contributed by atoms with E-state index in [1.807, 2.05) is 0 Å². The van der Waals surface area contributed by atoms with Gasteiger partial charge in [-0.2, -0.15) is 0 Å². The predicted molar refractivity (Wildman–Crippen MR) is 94.2 cm³/mol. The van der Waals surface area contributed by atoms with Crippen molar-refractivity contribution in [2.24, 2.45) is 9.98 Å². The number of halogens is 2. The minimum atomic E-state index is 0. The molecule has 9 heteroatoms. The number of nitrogens with zero attached hydrogens (tertiary/aromatic N) is 2. The smallest absolute Gasteiger partial charge is 1.00 e. The van der Waals surface area contributed by atoms with E-state index < -0.39 is 0 Å². The Labute approximate surface area is 181 Å². The molecule has 6 nitrogen and oxygen atoms in total. The Kier molecular flexibility index (Phi) is 14.3. The molecule has 2 aromatic carbocycles. The number of rotatable bonds is 7. The normalized spacial score (nSPS) is 10.0. The van der Waals surface area contributed by atoms with Crippen LogP contribution in [0.1, 0.15) is 11.1 Å². The third kappa shape index (κ3) is 7.69. The van der Waals surface area contributed by atoms with Gasteiger partial charge in [0.1, 0.15) is 0 Å². The van der Waals surface area contributed by atoms with Gasteiger partial charge in [-0.3, -0.25) is 9.98 Å². The molecule has 0 aliphatic heterocycles. The molecule has 0 spiro atoms. The Hall–Kier alpha value is -1.92. The molecule has 0 aromatic heterocycles. The third-order valence-electron chi connectivity index (χ3n) is 3.32. The Balaban J connectivity index is 0. The van der Waals surface area contributed by atoms with Crippen LogP contribution in [-0.2, 0) is 17.1 Å². The van der Waals surface area contributed by atoms with Gasteiger partial charge in [0.25, 0.3) is 0 Å². The van der Waals surface area contributed by atoms with Crippen molar-refractivity contribution in [2.45, 2.75) is 0 Å². The summed E-state index contributed by atoms with van der Waals surface area (Å²) in [5.74, 6) is 0.943. The van der Waals surface area contributed by atoms with Gasteiger partial charge in [-0.1, -0.05) is 12.1 Å². The molecule has 2 rings (SSSR count). The van der Waals surface area contributed by atoms with E-state index in [0.29, 0.717) is 35.7 Å². The van der Waals surface area contributed by atoms with Crippen molar-refractivity contribution in [2.75, 3.05) is 27.3 Å². The Morgan fingerprint density at radius 1 is 0.778 bits per heavy atom. The number of hydrogen-bond acceptors (Lipinski definition) is 6. The molecule has 2 N–H and O–H groups in total. The Morgan fingerprint density at radius 3 is 1.48 bits per heavy atom. The van der Waals surface area contributed by atoms with Gasteiger partial charge in [0.05, 0.1) is 27.3 Å². The standard InChI is InChI=1S/C18H20N2O4.2ClH.Mn/c1-23-15-7-3-5-13(17(15)21)11-19-9-10-20-12-14-6-4-8-16(24-2)18(14)22;;;/h3-8,11-12,21-22H,9-10H2,1-2H3;2*1H;/q;;;+2/p-2. The molecule has 2 aromatic rings. The summed E-state index contributed by atoms with van der Waals surface area (Å²) in [5.41, 5.74) is 1.17. The van der Waals surface area contributed by atoms with Gasteiger partial charge in [0.2, 0.25) is 0 Å². The third-order valence-corrected chi connectivity index (χ3v) is 3.32. The molecule has 0 aliphatic carbocycles. The van der Waals surface area contributed by atoms with Crippen LogP contribution in [0.5, 0.6) is 23.0 Å². The molecule has 0 bridgehead atoms. The molecular formula is C18H20Cl2MnN2O4. The van der Waals surface area contributed by atoms with Crippen LogP contribution in [0.25, 0.3) is 0 Å². The van der Waals surface area contributed by atoms with Crippen LogP contribution in [0.2, 0.25) is 0 Å². The number of phenols is 2. The van der Waals surface area contributed by atoms with E-state index in [1.165, 1.54) is 14.2 Å². The maximum Gasteiger partial charge on any atom is 2.00 e. The maximum atomic E-state index is 9.93. The first-order chi connectivity index (χ1) is 11.7. The zero-order valence-corrected chi connectivity index (χ0v) is 17.5. The van der Waals surface area contributed by atoms with Crippen molar-refractivity contribution in [3.05, 3.63) is 47.5 Å². The number of ether oxygens (including phenoxy) is 2. The number of phenolic OH excluding ortho intramolecular Hbond substituents is 2. The van der Waals surface area contributed by atoms with E-state index in [2.05, 4.69) is 9.98 Å². The molecule has 0 saturated heterocycles. The molecule has 0 heterocycles. The fourth-order valence-corrected chi connectivity index (χ4v) is 2.06. The second-order valence-corrected chi connectivity index (χ2v) is 4.87. The summed E-state index contributed by atoms with van der Waals surface area (Å²) in [5, 5.41) is 19.9. The number of aliphatic imine (C=N–C) groups is 2. The summed E-state index contributed by atoms with van der Waals surface area (Å²) >= 11 is 0. The van der Waals surface area contributed by atoms with Crippen LogP contribution in [0, 0.1) is 0 Å². The fourth-order valence-electron chi connectivity index (χ4n) is 2.06. The molecule has 0 saturated carbocycles. The molecule has 0 fully saturated rings. The van der Waals surface area contributed by atoms with Gasteiger partial charge < -0.3 is 44.5 Å². The number of hydrogen-bond donors (Lipinski definition) is 2. The predicted octanol–water partition coefficient (Wildman–Crippen LogP) is -3.34. The van der Waals surface area contributed by atoms with E-state index in [-0.39, 0.29) is 53.4 Å². The van der Waals surface area contributed by atoms with E-state index in [1.54, 1.807) is 48.8 Å². The monoisotopic (exact) mass is 453 g/mol. The van der Waals surface area contributed by atoms with E-state index in [0.717, 1.165) is 0 Å². The molecular weight excluding hydrogens is 434 g/mol. The van der Waals surface area contributed by atoms with E-state index >= 15 is 0 Å². The Bertz CT molecular complexity index is 695. The SMILES string of the molecule is COc1cccc(C=NCCN=Cc2cccc(OC)c2O)c1O.[Cl-].[Cl-].[Mn+2]. The molecule has 0 unspecified atom stereocenters. The first-order valence-corrected chi connectivity index (χ1v) is 7.39. The topological polar surface area (TPSA) is 83.6 Å². The molecule has 0 amide bonds. The Morgan fingerprint density at radius 2 is 1.15 bits per heavy atom. The summed E-state index contributed by atoms with van der Waals surface area (Å²) in [6.45, 7) is 0.912. The van der Waals surface area contributed by atoms with Crippen molar-refractivity contribution in [3.8, 4) is 23.0 Å². The summed E-state index contributed by atoms with van der Waals surface area (Å²) in [6, 6.07) is 10.4. The quantitative estimate of drug-likeness (QED) is 0.261. The van der Waals surface area contributed by atoms with Crippen molar-refractivity contribution < 1.29 is 61.6 Å². The maximum absolute atomic E-state index is 9.93. The number of para-hydroxylation sites is 2. The average Bonchev–Trinajstić information content (AvgIpc) is 2.60. The summed E-state index contributed by atoms with van der Waals surface area (Å²) < 4.78 is 10.1. The average molecular weight is 454 g/mol. The van der Waals surface area contributed by atoms with Gasteiger partial charge in [-0.05, 0) is 24.3 Å². The van der Waals surface area contributed by atoms with Crippen LogP contribution in [0.15, 0.2) is 46.4 Å². The second-order valence-electron chi connectivity index (χ2n) is 4.87. The van der Waals surface area contributed by atoms with Gasteiger partial charge in [-0.25, -0.2) is 0 Å². The van der Waals surface area contributed by atoms with Gasteiger partial charge >= 0.3 is 17.1 Å². The zero-order valence-electron chi connectivity index (χ0n) is 14.8. The summed E-state index contributed by atoms with van der Waals surface area (Å²) in [7, 11) is 3.00. The molecule has 27 heavy (non-hydrogen) atoms. The summed E-state index contributed by atoms with van der Waals surface area (Å²) in [6.07, 6.45) is 3.16. The number of aromatic hydroxyl groups is 2. The van der Waals surface area contributed by atoms with Crippen molar-refractivity contribution in [1.82, 2.24) is 0 Å². The molecule has 0 atom stereocenters. The van der Waals surface area contributed by atoms with Gasteiger partial charge in [-0.15, -0.1) is 0 Å². The molecule has 1 radical (unpaired) electrons. The largest absolute Gasteiger partial charge is 2.00 e. The second kappa shape index (κ2) is 14.2. The van der Waals surface area contributed by atoms with Crippen LogP contribution in [0.4, 0.5) is 0 Å². The number of benzene rings is 2. The van der Waals surface area contributed by atoms with Crippen LogP contribution in [0.3, 0.4) is 0 Å². The van der Waals surface area contributed by atoms with Crippen molar-refractivity contribution >= 4 is 12.4 Å². The van der Waals surface area contributed by atoms with Gasteiger partial charge in [0, 0.05) is 23.6 Å². The van der Waals surface area contributed by atoms with Crippen LogP contribution < -0.4 is 34.3 Å². The van der Waals surface area contributed by atoms with Crippen LogP contribution in [-0.4, -0.2) is 50.0 Å². The molecule has 0 aliphatic rings.